The van der Waals surface area contributed by atoms with Gasteiger partial charge >= 0.3 is 6.03 Å². The van der Waals surface area contributed by atoms with Gasteiger partial charge in [-0.05, 0) is 50.0 Å². The van der Waals surface area contributed by atoms with Crippen LogP contribution in [-0.2, 0) is 0 Å². The topological polar surface area (TPSA) is 67.2 Å². The van der Waals surface area contributed by atoms with Crippen LogP contribution in [0.2, 0.25) is 0 Å². The molecule has 92 valence electrons. The molecule has 0 aromatic rings. The number of carbonyl (C=O) groups is 1. The van der Waals surface area contributed by atoms with Crippen LogP contribution in [0.5, 0.6) is 0 Å². The van der Waals surface area contributed by atoms with E-state index in [2.05, 4.69) is 17.6 Å². The zero-order valence-electron chi connectivity index (χ0n) is 10.0. The molecule has 4 heteroatoms. The first-order chi connectivity index (χ1) is 7.74. The number of rotatable bonds is 4. The van der Waals surface area contributed by atoms with Crippen molar-refractivity contribution in [1.82, 2.24) is 10.6 Å². The fourth-order valence-electron chi connectivity index (χ4n) is 3.16. The largest absolute Gasteiger partial charge is 0.338 e. The van der Waals surface area contributed by atoms with E-state index >= 15 is 0 Å². The Kier molecular flexibility index (Phi) is 3.69. The summed E-state index contributed by atoms with van der Waals surface area (Å²) < 4.78 is 0. The smallest absolute Gasteiger partial charge is 0.315 e. The van der Waals surface area contributed by atoms with E-state index in [9.17, 15) is 4.79 Å². The molecule has 0 radical (unpaired) electrons. The van der Waals surface area contributed by atoms with Crippen molar-refractivity contribution in [3.63, 3.8) is 0 Å². The zero-order chi connectivity index (χ0) is 11.5. The number of amides is 2. The Morgan fingerprint density at radius 1 is 1.38 bits per heavy atom. The Hall–Kier alpha value is -0.770. The first-order valence-corrected chi connectivity index (χ1v) is 6.49. The summed E-state index contributed by atoms with van der Waals surface area (Å²) in [5.74, 6) is 2.21. The fraction of sp³-hybridized carbons (Fsp3) is 0.917. The predicted molar refractivity (Wildman–Crippen MR) is 64.0 cm³/mol. The number of fused-ring (bicyclic) bond motifs is 1. The second-order valence-electron chi connectivity index (χ2n) is 5.24. The highest BCUT2D eigenvalue weighted by molar-refractivity contribution is 5.74. The van der Waals surface area contributed by atoms with Crippen LogP contribution in [0.4, 0.5) is 4.79 Å². The average Bonchev–Trinajstić information content (AvgIpc) is 2.60. The molecular formula is C12H23N3O. The van der Waals surface area contributed by atoms with Crippen molar-refractivity contribution in [2.45, 2.75) is 38.6 Å². The minimum absolute atomic E-state index is 0.00139. The summed E-state index contributed by atoms with van der Waals surface area (Å²) in [4.78, 5) is 11.5. The number of nitrogens with one attached hydrogen (secondary N) is 2. The van der Waals surface area contributed by atoms with E-state index in [4.69, 9.17) is 5.73 Å². The second kappa shape index (κ2) is 5.04. The third kappa shape index (κ3) is 2.32. The first kappa shape index (κ1) is 11.7. The van der Waals surface area contributed by atoms with Gasteiger partial charge in [0.15, 0.2) is 0 Å². The van der Waals surface area contributed by atoms with Gasteiger partial charge in [-0.25, -0.2) is 4.79 Å². The van der Waals surface area contributed by atoms with Crippen LogP contribution in [0.3, 0.4) is 0 Å². The highest BCUT2D eigenvalue weighted by Gasteiger charge is 2.47. The van der Waals surface area contributed by atoms with Crippen LogP contribution in [-0.4, -0.2) is 25.2 Å². The van der Waals surface area contributed by atoms with Gasteiger partial charge in [-0.3, -0.25) is 0 Å². The second-order valence-corrected chi connectivity index (χ2v) is 5.24. The van der Waals surface area contributed by atoms with Gasteiger partial charge in [0.25, 0.3) is 0 Å². The van der Waals surface area contributed by atoms with Crippen LogP contribution in [0.15, 0.2) is 0 Å². The molecule has 16 heavy (non-hydrogen) atoms. The van der Waals surface area contributed by atoms with Gasteiger partial charge in [-0.2, -0.15) is 0 Å². The van der Waals surface area contributed by atoms with Crippen LogP contribution >= 0.6 is 0 Å². The van der Waals surface area contributed by atoms with E-state index in [1.807, 2.05) is 0 Å². The number of hydrogen-bond acceptors (Lipinski definition) is 2. The van der Waals surface area contributed by atoms with Crippen molar-refractivity contribution in [3.8, 4) is 0 Å². The normalized spacial score (nSPS) is 36.4. The average molecular weight is 225 g/mol. The maximum absolute atomic E-state index is 11.5. The van der Waals surface area contributed by atoms with Crippen molar-refractivity contribution in [3.05, 3.63) is 0 Å². The summed E-state index contributed by atoms with van der Waals surface area (Å²) in [6.45, 7) is 3.63. The van der Waals surface area contributed by atoms with E-state index < -0.39 is 0 Å². The van der Waals surface area contributed by atoms with Gasteiger partial charge in [0, 0.05) is 12.6 Å². The highest BCUT2D eigenvalue weighted by atomic mass is 16.2. The summed E-state index contributed by atoms with van der Waals surface area (Å²) in [5.41, 5.74) is 5.70. The van der Waals surface area contributed by atoms with Crippen LogP contribution in [0.1, 0.15) is 32.6 Å². The van der Waals surface area contributed by atoms with Gasteiger partial charge in [-0.15, -0.1) is 0 Å². The van der Waals surface area contributed by atoms with E-state index in [1.165, 1.54) is 12.8 Å². The lowest BCUT2D eigenvalue weighted by Crippen LogP contribution is -2.53. The third-order valence-electron chi connectivity index (χ3n) is 4.11. The molecule has 2 aliphatic carbocycles. The molecule has 4 atom stereocenters. The molecule has 0 saturated heterocycles. The van der Waals surface area contributed by atoms with Crippen LogP contribution in [0.25, 0.3) is 0 Å². The fourth-order valence-corrected chi connectivity index (χ4v) is 3.16. The molecule has 0 aromatic heterocycles. The van der Waals surface area contributed by atoms with Crippen molar-refractivity contribution < 1.29 is 4.79 Å². The molecular weight excluding hydrogens is 202 g/mol. The lowest BCUT2D eigenvalue weighted by Gasteiger charge is -2.40. The lowest BCUT2D eigenvalue weighted by atomic mass is 9.71. The van der Waals surface area contributed by atoms with E-state index in [-0.39, 0.29) is 6.03 Å². The highest BCUT2D eigenvalue weighted by Crippen LogP contribution is 2.49. The van der Waals surface area contributed by atoms with Gasteiger partial charge < -0.3 is 16.4 Å². The van der Waals surface area contributed by atoms with Crippen molar-refractivity contribution in [2.75, 3.05) is 13.1 Å². The molecule has 4 unspecified atom stereocenters. The molecule has 0 spiro atoms. The van der Waals surface area contributed by atoms with E-state index in [1.54, 1.807) is 0 Å². The summed E-state index contributed by atoms with van der Waals surface area (Å²) >= 11 is 0. The van der Waals surface area contributed by atoms with Gasteiger partial charge in [0.1, 0.15) is 0 Å². The van der Waals surface area contributed by atoms with E-state index in [0.717, 1.165) is 31.8 Å². The quantitative estimate of drug-likeness (QED) is 0.670. The molecule has 0 bridgehead atoms. The SMILES string of the molecule is CCCNC(=O)NC1CC2CC(CN)CC21. The maximum Gasteiger partial charge on any atom is 0.315 e. The molecule has 2 rings (SSSR count). The molecule has 0 aromatic carbocycles. The number of hydrogen-bond donors (Lipinski definition) is 3. The summed E-state index contributed by atoms with van der Waals surface area (Å²) in [6.07, 6.45) is 4.62. The number of nitrogens with two attached hydrogens (primary N) is 1. The standard InChI is InChI=1S/C12H23N3O/c1-2-3-14-12(16)15-11-6-9-4-8(7-13)5-10(9)11/h8-11H,2-7,13H2,1H3,(H2,14,15,16). The van der Waals surface area contributed by atoms with Crippen molar-refractivity contribution in [1.29, 1.82) is 0 Å². The molecule has 2 fully saturated rings. The van der Waals surface area contributed by atoms with Crippen LogP contribution < -0.4 is 16.4 Å². The molecule has 0 heterocycles. The molecule has 4 nitrogen and oxygen atoms in total. The van der Waals surface area contributed by atoms with Crippen LogP contribution in [0, 0.1) is 17.8 Å². The van der Waals surface area contributed by atoms with E-state index in [0.29, 0.717) is 17.9 Å². The Morgan fingerprint density at radius 2 is 2.19 bits per heavy atom. The minimum atomic E-state index is 0.00139. The maximum atomic E-state index is 11.5. The lowest BCUT2D eigenvalue weighted by molar-refractivity contribution is 0.140. The molecule has 2 aliphatic rings. The Morgan fingerprint density at radius 3 is 2.88 bits per heavy atom. The zero-order valence-corrected chi connectivity index (χ0v) is 10.0. The number of urea groups is 1. The monoisotopic (exact) mass is 225 g/mol. The van der Waals surface area contributed by atoms with Gasteiger partial charge in [-0.1, -0.05) is 6.92 Å². The summed E-state index contributed by atoms with van der Waals surface area (Å²) in [6, 6.07) is 0.403. The summed E-state index contributed by atoms with van der Waals surface area (Å²) in [7, 11) is 0. The minimum Gasteiger partial charge on any atom is -0.338 e. The van der Waals surface area contributed by atoms with Gasteiger partial charge in [0.05, 0.1) is 0 Å². The molecule has 4 N–H and O–H groups in total. The third-order valence-corrected chi connectivity index (χ3v) is 4.11. The Balaban J connectivity index is 1.71. The Labute approximate surface area is 97.3 Å². The van der Waals surface area contributed by atoms with Gasteiger partial charge in [0.2, 0.25) is 0 Å². The Bertz CT molecular complexity index is 257. The molecule has 2 amide bonds. The predicted octanol–water partition coefficient (Wildman–Crippen LogP) is 1.07. The van der Waals surface area contributed by atoms with Crippen molar-refractivity contribution in [2.24, 2.45) is 23.5 Å². The number of carbonyl (C=O) groups excluding carboxylic acids is 1. The molecule has 0 aliphatic heterocycles. The molecule has 2 saturated carbocycles. The first-order valence-electron chi connectivity index (χ1n) is 6.49. The summed E-state index contributed by atoms with van der Waals surface area (Å²) in [5, 5.41) is 5.94. The van der Waals surface area contributed by atoms with Crippen molar-refractivity contribution >= 4 is 6.03 Å².